The maximum atomic E-state index is 12.3. The zero-order valence-electron chi connectivity index (χ0n) is 11.8. The van der Waals surface area contributed by atoms with E-state index in [-0.39, 0.29) is 18.4 Å². The van der Waals surface area contributed by atoms with Crippen LogP contribution >= 0.6 is 0 Å². The van der Waals surface area contributed by atoms with Crippen molar-refractivity contribution < 1.29 is 9.59 Å². The molecule has 0 radical (unpaired) electrons. The van der Waals surface area contributed by atoms with Crippen molar-refractivity contribution in [3.05, 3.63) is 17.5 Å². The van der Waals surface area contributed by atoms with Gasteiger partial charge in [-0.25, -0.2) is 0 Å². The molecule has 20 heavy (non-hydrogen) atoms. The number of rotatable bonds is 3. The Labute approximate surface area is 118 Å². The number of hydrogen-bond donors (Lipinski definition) is 1. The van der Waals surface area contributed by atoms with E-state index in [1.165, 1.54) is 0 Å². The van der Waals surface area contributed by atoms with Crippen LogP contribution in [0.4, 0.5) is 0 Å². The monoisotopic (exact) mass is 276 g/mol. The summed E-state index contributed by atoms with van der Waals surface area (Å²) >= 11 is 0. The lowest BCUT2D eigenvalue weighted by molar-refractivity contribution is -0.137. The van der Waals surface area contributed by atoms with E-state index in [1.807, 2.05) is 18.0 Å². The summed E-state index contributed by atoms with van der Waals surface area (Å²) in [5, 5.41) is 7.08. The predicted octanol–water partition coefficient (Wildman–Crippen LogP) is 0.656. The van der Waals surface area contributed by atoms with Gasteiger partial charge in [0.1, 0.15) is 0 Å². The molecule has 3 rings (SSSR count). The van der Waals surface area contributed by atoms with E-state index in [4.69, 9.17) is 0 Å². The van der Waals surface area contributed by atoms with Crippen molar-refractivity contribution in [3.8, 4) is 0 Å². The molecule has 2 fully saturated rings. The molecule has 1 atom stereocenters. The second-order valence-electron chi connectivity index (χ2n) is 5.71. The third-order valence-electron chi connectivity index (χ3n) is 4.31. The molecule has 0 saturated carbocycles. The van der Waals surface area contributed by atoms with Gasteiger partial charge in [-0.2, -0.15) is 5.10 Å². The van der Waals surface area contributed by atoms with Gasteiger partial charge in [0.15, 0.2) is 0 Å². The molecule has 0 unspecified atom stereocenters. The SMILES string of the molecule is Cc1cn[nH]c1[C@H]1CCN(C(=O)CN2CCCC2=O)C1. The third kappa shape index (κ3) is 2.42. The van der Waals surface area contributed by atoms with Crippen LogP contribution in [0.1, 0.15) is 36.4 Å². The number of carbonyl (C=O) groups excluding carboxylic acids is 2. The average Bonchev–Trinajstić information content (AvgIpc) is 3.11. The van der Waals surface area contributed by atoms with Gasteiger partial charge in [-0.3, -0.25) is 14.7 Å². The number of aromatic amines is 1. The van der Waals surface area contributed by atoms with Crippen molar-refractivity contribution in [2.45, 2.75) is 32.1 Å². The highest BCUT2D eigenvalue weighted by atomic mass is 16.2. The number of H-pyrrole nitrogens is 1. The summed E-state index contributed by atoms with van der Waals surface area (Å²) in [7, 11) is 0. The predicted molar refractivity (Wildman–Crippen MR) is 73.1 cm³/mol. The molecular formula is C14H20N4O2. The van der Waals surface area contributed by atoms with Gasteiger partial charge in [0.25, 0.3) is 0 Å². The van der Waals surface area contributed by atoms with Crippen LogP contribution in [-0.4, -0.2) is 58.0 Å². The topological polar surface area (TPSA) is 69.3 Å². The number of aryl methyl sites for hydroxylation is 1. The summed E-state index contributed by atoms with van der Waals surface area (Å²) in [5.74, 6) is 0.522. The van der Waals surface area contributed by atoms with Crippen molar-refractivity contribution in [2.24, 2.45) is 0 Å². The van der Waals surface area contributed by atoms with Crippen LogP contribution < -0.4 is 0 Å². The second kappa shape index (κ2) is 5.26. The molecule has 2 amide bonds. The van der Waals surface area contributed by atoms with Gasteiger partial charge in [0.05, 0.1) is 12.7 Å². The highest BCUT2D eigenvalue weighted by Crippen LogP contribution is 2.27. The molecule has 1 aromatic heterocycles. The van der Waals surface area contributed by atoms with Crippen LogP contribution in [0.25, 0.3) is 0 Å². The van der Waals surface area contributed by atoms with E-state index < -0.39 is 0 Å². The number of aromatic nitrogens is 2. The lowest BCUT2D eigenvalue weighted by atomic mass is 10.0. The molecule has 108 valence electrons. The molecule has 1 aromatic rings. The number of amides is 2. The van der Waals surface area contributed by atoms with Crippen LogP contribution in [0.3, 0.4) is 0 Å². The van der Waals surface area contributed by atoms with E-state index in [9.17, 15) is 9.59 Å². The molecule has 0 spiro atoms. The summed E-state index contributed by atoms with van der Waals surface area (Å²) in [4.78, 5) is 27.4. The minimum atomic E-state index is 0.0694. The Bertz CT molecular complexity index is 525. The van der Waals surface area contributed by atoms with Gasteiger partial charge in [-0.15, -0.1) is 0 Å². The fourth-order valence-electron chi connectivity index (χ4n) is 3.13. The van der Waals surface area contributed by atoms with Gasteiger partial charge >= 0.3 is 0 Å². The van der Waals surface area contributed by atoms with Crippen LogP contribution in [0, 0.1) is 6.92 Å². The highest BCUT2D eigenvalue weighted by Gasteiger charge is 2.31. The summed E-state index contributed by atoms with van der Waals surface area (Å²) < 4.78 is 0. The molecule has 0 bridgehead atoms. The second-order valence-corrected chi connectivity index (χ2v) is 5.71. The lowest BCUT2D eigenvalue weighted by Gasteiger charge is -2.21. The summed E-state index contributed by atoms with van der Waals surface area (Å²) in [6.07, 6.45) is 4.25. The number of hydrogen-bond acceptors (Lipinski definition) is 3. The Morgan fingerprint density at radius 2 is 2.35 bits per heavy atom. The molecule has 2 aliphatic rings. The van der Waals surface area contributed by atoms with E-state index in [2.05, 4.69) is 10.2 Å². The first-order valence-corrected chi connectivity index (χ1v) is 7.20. The summed E-state index contributed by atoms with van der Waals surface area (Å²) in [5.41, 5.74) is 2.29. The van der Waals surface area contributed by atoms with E-state index in [0.29, 0.717) is 12.3 Å². The number of likely N-dealkylation sites (tertiary alicyclic amines) is 2. The number of nitrogens with zero attached hydrogens (tertiary/aromatic N) is 3. The largest absolute Gasteiger partial charge is 0.340 e. The third-order valence-corrected chi connectivity index (χ3v) is 4.31. The fraction of sp³-hybridized carbons (Fsp3) is 0.643. The zero-order valence-corrected chi connectivity index (χ0v) is 11.8. The standard InChI is InChI=1S/C14H20N4O2/c1-10-7-15-16-14(10)11-4-6-18(8-11)13(20)9-17-5-2-3-12(17)19/h7,11H,2-6,8-9H2,1H3,(H,15,16)/t11-/m0/s1. The maximum absolute atomic E-state index is 12.3. The lowest BCUT2D eigenvalue weighted by Crippen LogP contribution is -2.39. The highest BCUT2D eigenvalue weighted by molar-refractivity contribution is 5.86. The van der Waals surface area contributed by atoms with Crippen LogP contribution in [0.2, 0.25) is 0 Å². The van der Waals surface area contributed by atoms with Crippen molar-refractivity contribution in [3.63, 3.8) is 0 Å². The van der Waals surface area contributed by atoms with Crippen LogP contribution in [0.5, 0.6) is 0 Å². The first-order chi connectivity index (χ1) is 9.65. The Morgan fingerprint density at radius 1 is 1.50 bits per heavy atom. The van der Waals surface area contributed by atoms with Crippen molar-refractivity contribution in [2.75, 3.05) is 26.2 Å². The first kappa shape index (κ1) is 13.1. The fourth-order valence-corrected chi connectivity index (χ4v) is 3.13. The Morgan fingerprint density at radius 3 is 3.00 bits per heavy atom. The average molecular weight is 276 g/mol. The minimum absolute atomic E-state index is 0.0694. The molecule has 1 N–H and O–H groups in total. The van der Waals surface area contributed by atoms with Crippen molar-refractivity contribution >= 4 is 11.8 Å². The van der Waals surface area contributed by atoms with Gasteiger partial charge in [0, 0.05) is 37.7 Å². The van der Waals surface area contributed by atoms with Crippen molar-refractivity contribution in [1.82, 2.24) is 20.0 Å². The number of nitrogens with one attached hydrogen (secondary N) is 1. The van der Waals surface area contributed by atoms with Crippen molar-refractivity contribution in [1.29, 1.82) is 0 Å². The maximum Gasteiger partial charge on any atom is 0.242 e. The van der Waals surface area contributed by atoms with Crippen LogP contribution in [0.15, 0.2) is 6.20 Å². The summed E-state index contributed by atoms with van der Waals surface area (Å²) in [6, 6.07) is 0. The molecule has 6 nitrogen and oxygen atoms in total. The van der Waals surface area contributed by atoms with Gasteiger partial charge in [-0.05, 0) is 25.3 Å². The molecule has 0 aromatic carbocycles. The van der Waals surface area contributed by atoms with E-state index >= 15 is 0 Å². The molecule has 2 aliphatic heterocycles. The Hall–Kier alpha value is -1.85. The normalized spacial score (nSPS) is 22.9. The molecule has 0 aliphatic carbocycles. The molecular weight excluding hydrogens is 256 g/mol. The Balaban J connectivity index is 1.58. The first-order valence-electron chi connectivity index (χ1n) is 7.20. The van der Waals surface area contributed by atoms with Gasteiger partial charge in [-0.1, -0.05) is 0 Å². The molecule has 6 heteroatoms. The minimum Gasteiger partial charge on any atom is -0.340 e. The Kier molecular flexibility index (Phi) is 3.46. The quantitative estimate of drug-likeness (QED) is 0.881. The smallest absolute Gasteiger partial charge is 0.242 e. The number of carbonyl (C=O) groups is 2. The zero-order chi connectivity index (χ0) is 14.1. The molecule has 2 saturated heterocycles. The van der Waals surface area contributed by atoms with Gasteiger partial charge in [0.2, 0.25) is 11.8 Å². The van der Waals surface area contributed by atoms with E-state index in [1.54, 1.807) is 4.90 Å². The summed E-state index contributed by atoms with van der Waals surface area (Å²) in [6.45, 7) is 4.50. The van der Waals surface area contributed by atoms with Crippen LogP contribution in [-0.2, 0) is 9.59 Å². The van der Waals surface area contributed by atoms with Gasteiger partial charge < -0.3 is 9.80 Å². The molecule has 3 heterocycles. The van der Waals surface area contributed by atoms with E-state index in [0.717, 1.165) is 43.7 Å².